The van der Waals surface area contributed by atoms with Gasteiger partial charge in [0.15, 0.2) is 0 Å². The van der Waals surface area contributed by atoms with Crippen LogP contribution >= 0.6 is 0 Å². The molecule has 1 heterocycles. The van der Waals surface area contributed by atoms with E-state index in [0.29, 0.717) is 12.6 Å². The van der Waals surface area contributed by atoms with Crippen LogP contribution in [0.25, 0.3) is 0 Å². The van der Waals surface area contributed by atoms with Crippen LogP contribution < -0.4 is 0 Å². The average Bonchev–Trinajstić information content (AvgIpc) is 2.45. The number of rotatable bonds is 8. The van der Waals surface area contributed by atoms with Gasteiger partial charge in [-0.2, -0.15) is 0 Å². The second kappa shape index (κ2) is 10.1. The van der Waals surface area contributed by atoms with Crippen molar-refractivity contribution in [2.75, 3.05) is 13.2 Å². The van der Waals surface area contributed by atoms with Gasteiger partial charge in [0.25, 0.3) is 0 Å². The standard InChI is InChI=1S/C16H31NO2/c1-3-5-7-10-14-19-16(18)17-13-9-8-12-15(17)11-6-4-2/h15H,3-14H2,1-2H3. The lowest BCUT2D eigenvalue weighted by molar-refractivity contribution is 0.0692. The molecule has 3 heteroatoms. The maximum Gasteiger partial charge on any atom is 0.410 e. The molecule has 112 valence electrons. The SMILES string of the molecule is CCCCCCOC(=O)N1CCCCC1CCCC. The Hall–Kier alpha value is -0.730. The van der Waals surface area contributed by atoms with E-state index in [4.69, 9.17) is 4.74 Å². The Bertz CT molecular complexity index is 243. The molecule has 0 bridgehead atoms. The van der Waals surface area contributed by atoms with Gasteiger partial charge < -0.3 is 9.64 Å². The van der Waals surface area contributed by atoms with E-state index in [2.05, 4.69) is 13.8 Å². The van der Waals surface area contributed by atoms with Crippen LogP contribution in [0.3, 0.4) is 0 Å². The first-order valence-corrected chi connectivity index (χ1v) is 8.23. The van der Waals surface area contributed by atoms with Crippen molar-refractivity contribution < 1.29 is 9.53 Å². The van der Waals surface area contributed by atoms with Gasteiger partial charge in [-0.25, -0.2) is 4.79 Å². The van der Waals surface area contributed by atoms with Crippen molar-refractivity contribution in [1.29, 1.82) is 0 Å². The summed E-state index contributed by atoms with van der Waals surface area (Å²) in [5, 5.41) is 0. The highest BCUT2D eigenvalue weighted by atomic mass is 16.6. The van der Waals surface area contributed by atoms with Gasteiger partial charge in [0.05, 0.1) is 6.61 Å². The summed E-state index contributed by atoms with van der Waals surface area (Å²) < 4.78 is 5.43. The molecule has 1 fully saturated rings. The van der Waals surface area contributed by atoms with Crippen LogP contribution in [-0.2, 0) is 4.74 Å². The van der Waals surface area contributed by atoms with E-state index in [9.17, 15) is 4.79 Å². The lowest BCUT2D eigenvalue weighted by Crippen LogP contribution is -2.44. The highest BCUT2D eigenvalue weighted by Crippen LogP contribution is 2.22. The van der Waals surface area contributed by atoms with Crippen molar-refractivity contribution in [3.8, 4) is 0 Å². The molecule has 1 aliphatic heterocycles. The van der Waals surface area contributed by atoms with E-state index in [-0.39, 0.29) is 6.09 Å². The van der Waals surface area contributed by atoms with Crippen LogP contribution in [0, 0.1) is 0 Å². The highest BCUT2D eigenvalue weighted by molar-refractivity contribution is 5.68. The molecule has 1 atom stereocenters. The van der Waals surface area contributed by atoms with Crippen LogP contribution in [-0.4, -0.2) is 30.2 Å². The van der Waals surface area contributed by atoms with Gasteiger partial charge in [0.1, 0.15) is 0 Å². The Kier molecular flexibility index (Phi) is 8.68. The zero-order valence-corrected chi connectivity index (χ0v) is 12.8. The lowest BCUT2D eigenvalue weighted by Gasteiger charge is -2.35. The second-order valence-electron chi connectivity index (χ2n) is 5.66. The minimum absolute atomic E-state index is 0.0719. The molecule has 19 heavy (non-hydrogen) atoms. The Morgan fingerprint density at radius 2 is 1.89 bits per heavy atom. The quantitative estimate of drug-likeness (QED) is 0.595. The number of carbonyl (C=O) groups excluding carboxylic acids is 1. The second-order valence-corrected chi connectivity index (χ2v) is 5.66. The molecule has 0 spiro atoms. The summed E-state index contributed by atoms with van der Waals surface area (Å²) in [6, 6.07) is 0.428. The van der Waals surface area contributed by atoms with Crippen molar-refractivity contribution in [1.82, 2.24) is 4.90 Å². The van der Waals surface area contributed by atoms with Crippen molar-refractivity contribution in [3.63, 3.8) is 0 Å². The molecule has 0 aliphatic carbocycles. The van der Waals surface area contributed by atoms with Gasteiger partial charge in [0, 0.05) is 12.6 Å². The summed E-state index contributed by atoms with van der Waals surface area (Å²) in [6.45, 7) is 5.88. The fourth-order valence-corrected chi connectivity index (χ4v) is 2.75. The number of piperidine rings is 1. The molecular formula is C16H31NO2. The first-order valence-electron chi connectivity index (χ1n) is 8.23. The van der Waals surface area contributed by atoms with Crippen molar-refractivity contribution in [3.05, 3.63) is 0 Å². The van der Waals surface area contributed by atoms with Crippen molar-refractivity contribution in [2.24, 2.45) is 0 Å². The van der Waals surface area contributed by atoms with Crippen molar-refractivity contribution >= 4 is 6.09 Å². The largest absolute Gasteiger partial charge is 0.449 e. The van der Waals surface area contributed by atoms with E-state index in [1.165, 1.54) is 38.5 Å². The van der Waals surface area contributed by atoms with E-state index in [1.54, 1.807) is 0 Å². The molecule has 3 nitrogen and oxygen atoms in total. The number of likely N-dealkylation sites (tertiary alicyclic amines) is 1. The molecule has 1 unspecified atom stereocenters. The smallest absolute Gasteiger partial charge is 0.410 e. The molecule has 1 saturated heterocycles. The van der Waals surface area contributed by atoms with Crippen LogP contribution in [0.15, 0.2) is 0 Å². The maximum absolute atomic E-state index is 12.1. The monoisotopic (exact) mass is 269 g/mol. The zero-order valence-electron chi connectivity index (χ0n) is 12.8. The lowest BCUT2D eigenvalue weighted by atomic mass is 9.98. The fourth-order valence-electron chi connectivity index (χ4n) is 2.75. The van der Waals surface area contributed by atoms with E-state index < -0.39 is 0 Å². The summed E-state index contributed by atoms with van der Waals surface area (Å²) in [6.07, 6.45) is 11.7. The summed E-state index contributed by atoms with van der Waals surface area (Å²) in [4.78, 5) is 14.1. The third kappa shape index (κ3) is 6.31. The number of amides is 1. The molecule has 1 amide bonds. The zero-order chi connectivity index (χ0) is 13.9. The molecule has 0 N–H and O–H groups in total. The van der Waals surface area contributed by atoms with Crippen LogP contribution in [0.1, 0.15) is 78.1 Å². The minimum atomic E-state index is -0.0719. The highest BCUT2D eigenvalue weighted by Gasteiger charge is 2.26. The van der Waals surface area contributed by atoms with Crippen LogP contribution in [0.5, 0.6) is 0 Å². The first kappa shape index (κ1) is 16.3. The predicted molar refractivity (Wildman–Crippen MR) is 79.4 cm³/mol. The minimum Gasteiger partial charge on any atom is -0.449 e. The summed E-state index contributed by atoms with van der Waals surface area (Å²) in [5.74, 6) is 0. The number of ether oxygens (including phenoxy) is 1. The summed E-state index contributed by atoms with van der Waals surface area (Å²) >= 11 is 0. The van der Waals surface area contributed by atoms with Gasteiger partial charge in [-0.3, -0.25) is 0 Å². The number of hydrogen-bond donors (Lipinski definition) is 0. The Morgan fingerprint density at radius 1 is 1.11 bits per heavy atom. The molecule has 0 radical (unpaired) electrons. The summed E-state index contributed by atoms with van der Waals surface area (Å²) in [5.41, 5.74) is 0. The third-order valence-electron chi connectivity index (χ3n) is 3.98. The molecular weight excluding hydrogens is 238 g/mol. The van der Waals surface area contributed by atoms with E-state index in [0.717, 1.165) is 32.2 Å². The molecule has 0 aromatic carbocycles. The molecule has 0 saturated carbocycles. The molecule has 1 rings (SSSR count). The molecule has 0 aromatic rings. The number of carbonyl (C=O) groups is 1. The normalized spacial score (nSPS) is 19.5. The van der Waals surface area contributed by atoms with Gasteiger partial charge in [-0.15, -0.1) is 0 Å². The van der Waals surface area contributed by atoms with E-state index in [1.807, 2.05) is 4.90 Å². The van der Waals surface area contributed by atoms with Gasteiger partial charge in [-0.05, 0) is 32.1 Å². The van der Waals surface area contributed by atoms with Crippen molar-refractivity contribution in [2.45, 2.75) is 84.1 Å². The Morgan fingerprint density at radius 3 is 2.63 bits per heavy atom. The number of unbranched alkanes of at least 4 members (excludes halogenated alkanes) is 4. The number of nitrogens with zero attached hydrogens (tertiary/aromatic N) is 1. The Balaban J connectivity index is 2.26. The first-order chi connectivity index (χ1) is 9.29. The maximum atomic E-state index is 12.1. The average molecular weight is 269 g/mol. The van der Waals surface area contributed by atoms with Gasteiger partial charge in [-0.1, -0.05) is 46.0 Å². The fraction of sp³-hybridized carbons (Fsp3) is 0.938. The van der Waals surface area contributed by atoms with E-state index >= 15 is 0 Å². The topological polar surface area (TPSA) is 29.5 Å². The third-order valence-corrected chi connectivity index (χ3v) is 3.98. The van der Waals surface area contributed by atoms with Crippen LogP contribution in [0.4, 0.5) is 4.79 Å². The predicted octanol–water partition coefficient (Wildman–Crippen LogP) is 4.75. The molecule has 0 aromatic heterocycles. The molecule has 1 aliphatic rings. The number of hydrogen-bond acceptors (Lipinski definition) is 2. The van der Waals surface area contributed by atoms with Crippen LogP contribution in [0.2, 0.25) is 0 Å². The van der Waals surface area contributed by atoms with Gasteiger partial charge >= 0.3 is 6.09 Å². The summed E-state index contributed by atoms with van der Waals surface area (Å²) in [7, 11) is 0. The van der Waals surface area contributed by atoms with Gasteiger partial charge in [0.2, 0.25) is 0 Å². The Labute approximate surface area is 118 Å².